The molecule has 180 valence electrons. The van der Waals surface area contributed by atoms with Crippen molar-refractivity contribution in [2.45, 2.75) is 77.7 Å². The van der Waals surface area contributed by atoms with Gasteiger partial charge in [0.25, 0.3) is 0 Å². The normalized spacial score (nSPS) is 52.4. The zero-order valence-electron chi connectivity index (χ0n) is 20.0. The molecule has 0 aromatic rings. The number of aliphatic hydroxyl groups is 2. The summed E-state index contributed by atoms with van der Waals surface area (Å²) in [5.41, 5.74) is -3.12. The van der Waals surface area contributed by atoms with E-state index in [0.29, 0.717) is 12.2 Å². The molecule has 3 fully saturated rings. The van der Waals surface area contributed by atoms with E-state index in [1.165, 1.54) is 21.1 Å². The molecule has 2 saturated carbocycles. The minimum atomic E-state index is -1.42. The van der Waals surface area contributed by atoms with Gasteiger partial charge in [0, 0.05) is 43.1 Å². The molecule has 0 unspecified atom stereocenters. The number of ether oxygens (including phenoxy) is 4. The van der Waals surface area contributed by atoms with Crippen molar-refractivity contribution in [2.24, 2.45) is 34.5 Å². The molecule has 0 spiro atoms. The van der Waals surface area contributed by atoms with Gasteiger partial charge in [-0.15, -0.1) is 0 Å². The van der Waals surface area contributed by atoms with Gasteiger partial charge in [-0.1, -0.05) is 20.8 Å². The molecule has 1 heterocycles. The molecule has 8 heteroatoms. The van der Waals surface area contributed by atoms with E-state index in [0.717, 1.165) is 0 Å². The first kappa shape index (κ1) is 23.7. The van der Waals surface area contributed by atoms with Gasteiger partial charge in [0.1, 0.15) is 12.2 Å². The molecule has 0 amide bonds. The van der Waals surface area contributed by atoms with Gasteiger partial charge in [0.15, 0.2) is 12.0 Å². The average Bonchev–Trinajstić information content (AvgIpc) is 2.69. The van der Waals surface area contributed by atoms with Gasteiger partial charge in [-0.3, -0.25) is 9.59 Å². The van der Waals surface area contributed by atoms with E-state index in [2.05, 4.69) is 0 Å². The molecule has 8 nitrogen and oxygen atoms in total. The third kappa shape index (κ3) is 2.89. The number of fused-ring (bicyclic) bond motifs is 2. The largest absolute Gasteiger partial charge is 0.493 e. The molecule has 0 bridgehead atoms. The third-order valence-electron chi connectivity index (χ3n) is 9.20. The third-order valence-corrected chi connectivity index (χ3v) is 9.20. The van der Waals surface area contributed by atoms with Gasteiger partial charge in [-0.25, -0.2) is 0 Å². The highest BCUT2D eigenvalue weighted by Gasteiger charge is 2.76. The van der Waals surface area contributed by atoms with Gasteiger partial charge >= 0.3 is 5.97 Å². The molecule has 0 aromatic carbocycles. The summed E-state index contributed by atoms with van der Waals surface area (Å²) in [5.74, 6) is -1.41. The van der Waals surface area contributed by atoms with E-state index in [-0.39, 0.29) is 24.0 Å². The minimum Gasteiger partial charge on any atom is -0.493 e. The van der Waals surface area contributed by atoms with Crippen LogP contribution in [0, 0.1) is 34.5 Å². The first-order valence-electron chi connectivity index (χ1n) is 11.4. The number of carbonyl (C=O) groups is 2. The van der Waals surface area contributed by atoms with Crippen molar-refractivity contribution in [3.63, 3.8) is 0 Å². The number of ketones is 1. The van der Waals surface area contributed by atoms with Crippen molar-refractivity contribution < 1.29 is 38.7 Å². The number of Topliss-reactive ketones (excluding diaryl/α,β-unsaturated/α-hetero) is 1. The predicted molar refractivity (Wildman–Crippen MR) is 113 cm³/mol. The number of carbonyl (C=O) groups excluding carboxylic acids is 2. The average molecular weight is 453 g/mol. The Labute approximate surface area is 189 Å². The fourth-order valence-corrected chi connectivity index (χ4v) is 8.04. The summed E-state index contributed by atoms with van der Waals surface area (Å²) in [5, 5.41) is 22.3. The van der Waals surface area contributed by atoms with Crippen LogP contribution in [-0.4, -0.2) is 66.4 Å². The van der Waals surface area contributed by atoms with Crippen molar-refractivity contribution in [3.8, 4) is 0 Å². The summed E-state index contributed by atoms with van der Waals surface area (Å²) in [4.78, 5) is 26.1. The van der Waals surface area contributed by atoms with Crippen molar-refractivity contribution in [3.05, 3.63) is 11.8 Å². The lowest BCUT2D eigenvalue weighted by molar-refractivity contribution is -0.355. The van der Waals surface area contributed by atoms with Crippen LogP contribution in [0.2, 0.25) is 0 Å². The van der Waals surface area contributed by atoms with Crippen molar-refractivity contribution >= 4 is 11.8 Å². The highest BCUT2D eigenvalue weighted by atomic mass is 16.6. The highest BCUT2D eigenvalue weighted by Crippen LogP contribution is 2.69. The Morgan fingerprint density at radius 2 is 1.88 bits per heavy atom. The molecule has 3 aliphatic carbocycles. The van der Waals surface area contributed by atoms with E-state index in [1.807, 2.05) is 26.8 Å². The van der Waals surface area contributed by atoms with Crippen LogP contribution >= 0.6 is 0 Å². The first-order chi connectivity index (χ1) is 14.8. The molecule has 32 heavy (non-hydrogen) atoms. The Bertz CT molecular complexity index is 836. The minimum absolute atomic E-state index is 0.000251. The monoisotopic (exact) mass is 452 g/mol. The van der Waals surface area contributed by atoms with Gasteiger partial charge in [0.05, 0.1) is 18.8 Å². The Morgan fingerprint density at radius 3 is 2.44 bits per heavy atom. The lowest BCUT2D eigenvalue weighted by Gasteiger charge is -2.70. The number of rotatable bonds is 3. The van der Waals surface area contributed by atoms with Crippen LogP contribution < -0.4 is 0 Å². The molecule has 0 aromatic heterocycles. The van der Waals surface area contributed by atoms with Crippen LogP contribution in [-0.2, 0) is 28.5 Å². The summed E-state index contributed by atoms with van der Waals surface area (Å²) >= 11 is 0. The molecular formula is C24H36O8. The van der Waals surface area contributed by atoms with Crippen LogP contribution in [0.4, 0.5) is 0 Å². The smallest absolute Gasteiger partial charge is 0.303 e. The molecular weight excluding hydrogens is 416 g/mol. The Balaban J connectivity index is 1.99. The van der Waals surface area contributed by atoms with E-state index >= 15 is 0 Å². The van der Waals surface area contributed by atoms with Gasteiger partial charge in [-0.2, -0.15) is 0 Å². The van der Waals surface area contributed by atoms with Gasteiger partial charge in [0.2, 0.25) is 5.78 Å². The number of hydrogen-bond acceptors (Lipinski definition) is 8. The fraction of sp³-hybridized carbons (Fsp3) is 0.833. The maximum atomic E-state index is 13.9. The quantitative estimate of drug-likeness (QED) is 0.624. The molecule has 4 aliphatic rings. The summed E-state index contributed by atoms with van der Waals surface area (Å²) in [6, 6.07) is 0. The van der Waals surface area contributed by atoms with Crippen LogP contribution in [0.15, 0.2) is 11.8 Å². The predicted octanol–water partition coefficient (Wildman–Crippen LogP) is 1.82. The zero-order valence-corrected chi connectivity index (χ0v) is 20.0. The van der Waals surface area contributed by atoms with E-state index in [4.69, 9.17) is 18.9 Å². The summed E-state index contributed by atoms with van der Waals surface area (Å²) in [7, 11) is 2.96. The number of hydrogen-bond donors (Lipinski definition) is 2. The number of methoxy groups -OCH3 is 2. The SMILES string of the molecule is COC1=C[C@@H](C)[C@H]2C[C@H]3O[C@@H](O)C[C@H]4[C@](C)(O)[C@H](OC)[C@@H](OC(C)=O)[C@H]([C@@]2(C)C1=O)[C@@]34C. The summed E-state index contributed by atoms with van der Waals surface area (Å²) in [6.07, 6.45) is -0.627. The van der Waals surface area contributed by atoms with E-state index in [1.54, 1.807) is 6.92 Å². The summed E-state index contributed by atoms with van der Waals surface area (Å²) < 4.78 is 23.2. The lowest BCUT2D eigenvalue weighted by Crippen LogP contribution is -2.78. The number of aliphatic hydroxyl groups excluding tert-OH is 1. The van der Waals surface area contributed by atoms with E-state index < -0.39 is 58.8 Å². The van der Waals surface area contributed by atoms with Gasteiger partial charge < -0.3 is 29.2 Å². The standard InChI is InChI=1S/C24H36O8/c1-11-8-14(29-6)20(27)22(3)13(11)9-16-23(4)15(10-17(26)32-16)24(5,28)21(30-7)18(19(22)23)31-12(2)25/h8,11,13,15-19,21,26,28H,9-10H2,1-7H3/t11-,13-,15-,16-,17-,18+,19-,21-,22+,23-,24+/m1/s1. The van der Waals surface area contributed by atoms with Crippen LogP contribution in [0.1, 0.15) is 47.5 Å². The molecule has 4 rings (SSSR count). The van der Waals surface area contributed by atoms with Crippen LogP contribution in [0.5, 0.6) is 0 Å². The molecule has 0 radical (unpaired) electrons. The Hall–Kier alpha value is -1.48. The number of allylic oxidation sites excluding steroid dienone is 2. The van der Waals surface area contributed by atoms with E-state index in [9.17, 15) is 19.8 Å². The maximum Gasteiger partial charge on any atom is 0.303 e. The molecule has 11 atom stereocenters. The van der Waals surface area contributed by atoms with Crippen molar-refractivity contribution in [2.75, 3.05) is 14.2 Å². The van der Waals surface area contributed by atoms with Gasteiger partial charge in [-0.05, 0) is 31.3 Å². The molecule has 2 N–H and O–H groups in total. The van der Waals surface area contributed by atoms with Crippen molar-refractivity contribution in [1.82, 2.24) is 0 Å². The second-order valence-electron chi connectivity index (χ2n) is 10.7. The van der Waals surface area contributed by atoms with Crippen molar-refractivity contribution in [1.29, 1.82) is 0 Å². The molecule has 1 aliphatic heterocycles. The van der Waals surface area contributed by atoms with Crippen LogP contribution in [0.25, 0.3) is 0 Å². The Kier molecular flexibility index (Phi) is 5.56. The second-order valence-corrected chi connectivity index (χ2v) is 10.7. The second kappa shape index (κ2) is 7.52. The lowest BCUT2D eigenvalue weighted by atomic mass is 9.37. The zero-order chi connectivity index (χ0) is 23.8. The Morgan fingerprint density at radius 1 is 1.22 bits per heavy atom. The van der Waals surface area contributed by atoms with Crippen LogP contribution in [0.3, 0.4) is 0 Å². The fourth-order valence-electron chi connectivity index (χ4n) is 8.04. The summed E-state index contributed by atoms with van der Waals surface area (Å²) in [6.45, 7) is 8.96. The molecule has 1 saturated heterocycles. The topological polar surface area (TPSA) is 112 Å². The first-order valence-corrected chi connectivity index (χ1v) is 11.4. The number of esters is 1. The highest BCUT2D eigenvalue weighted by molar-refractivity contribution is 5.99. The maximum absolute atomic E-state index is 13.9.